The smallest absolute Gasteiger partial charge is 0.227 e. The maximum absolute atomic E-state index is 13.0. The van der Waals surface area contributed by atoms with Gasteiger partial charge in [-0.15, -0.1) is 11.3 Å². The van der Waals surface area contributed by atoms with Crippen LogP contribution in [0, 0.1) is 5.92 Å². The molecule has 1 aromatic heterocycles. The molecule has 2 aliphatic heterocycles. The topological polar surface area (TPSA) is 57.7 Å². The van der Waals surface area contributed by atoms with Gasteiger partial charge in [0.15, 0.2) is 0 Å². The molecule has 0 bridgehead atoms. The van der Waals surface area contributed by atoms with Crippen LogP contribution in [0.4, 0.5) is 0 Å². The average Bonchev–Trinajstić information content (AvgIpc) is 3.01. The largest absolute Gasteiger partial charge is 0.335 e. The average molecular weight is 357 g/mol. The van der Waals surface area contributed by atoms with Gasteiger partial charge in [0.25, 0.3) is 0 Å². The number of nitrogens with zero attached hydrogens (tertiary/aromatic N) is 2. The number of carbonyl (C=O) groups is 1. The van der Waals surface area contributed by atoms with Gasteiger partial charge in [0, 0.05) is 24.5 Å². The van der Waals surface area contributed by atoms with E-state index >= 15 is 0 Å². The van der Waals surface area contributed by atoms with Gasteiger partial charge in [0.05, 0.1) is 18.2 Å². The molecule has 3 rings (SSSR count). The lowest BCUT2D eigenvalue weighted by molar-refractivity contribution is -0.139. The molecule has 1 fully saturated rings. The number of thiophene rings is 1. The summed E-state index contributed by atoms with van der Waals surface area (Å²) in [6.45, 7) is 3.73. The third-order valence-electron chi connectivity index (χ3n) is 4.97. The number of fused-ring (bicyclic) bond motifs is 1. The van der Waals surface area contributed by atoms with Crippen LogP contribution in [0.2, 0.25) is 0 Å². The molecule has 0 N–H and O–H groups in total. The molecule has 2 atom stereocenters. The first-order chi connectivity index (χ1) is 10.9. The quantitative estimate of drug-likeness (QED) is 0.835. The van der Waals surface area contributed by atoms with Crippen LogP contribution in [0.5, 0.6) is 0 Å². The van der Waals surface area contributed by atoms with Crippen molar-refractivity contribution in [1.29, 1.82) is 0 Å². The Hall–Kier alpha value is -0.920. The second-order valence-corrected chi connectivity index (χ2v) is 9.45. The van der Waals surface area contributed by atoms with Crippen molar-refractivity contribution in [3.8, 4) is 0 Å². The fourth-order valence-electron chi connectivity index (χ4n) is 3.78. The normalized spacial score (nSPS) is 26.1. The van der Waals surface area contributed by atoms with E-state index < -0.39 is 10.0 Å². The van der Waals surface area contributed by atoms with Crippen molar-refractivity contribution in [3.05, 3.63) is 21.9 Å². The molecule has 2 aliphatic rings. The fraction of sp³-hybridized carbons (Fsp3) is 0.688. The van der Waals surface area contributed by atoms with E-state index in [1.807, 2.05) is 4.90 Å². The molecule has 1 saturated heterocycles. The van der Waals surface area contributed by atoms with Gasteiger partial charge in [-0.3, -0.25) is 4.79 Å². The number of rotatable bonds is 3. The second kappa shape index (κ2) is 6.53. The van der Waals surface area contributed by atoms with E-state index in [1.165, 1.54) is 21.0 Å². The summed E-state index contributed by atoms with van der Waals surface area (Å²) in [5.41, 5.74) is 1.29. The zero-order valence-corrected chi connectivity index (χ0v) is 15.3. The molecule has 23 heavy (non-hydrogen) atoms. The Morgan fingerprint density at radius 1 is 1.39 bits per heavy atom. The molecule has 0 spiro atoms. The third kappa shape index (κ3) is 3.32. The van der Waals surface area contributed by atoms with Crippen molar-refractivity contribution in [2.45, 2.75) is 38.6 Å². The van der Waals surface area contributed by atoms with Crippen LogP contribution < -0.4 is 0 Å². The molecule has 0 saturated carbocycles. The summed E-state index contributed by atoms with van der Waals surface area (Å²) in [5.74, 6) is -0.0743. The summed E-state index contributed by atoms with van der Waals surface area (Å²) < 4.78 is 25.0. The monoisotopic (exact) mass is 356 g/mol. The van der Waals surface area contributed by atoms with Gasteiger partial charge in [0.1, 0.15) is 0 Å². The van der Waals surface area contributed by atoms with Gasteiger partial charge in [-0.1, -0.05) is 6.92 Å². The predicted octanol–water partition coefficient (Wildman–Crippen LogP) is 2.26. The van der Waals surface area contributed by atoms with E-state index in [4.69, 9.17) is 0 Å². The SMILES string of the molecule is CCC1c2ccsc2CCN1C(=O)C1CCCN(S(C)(=O)=O)C1. The molecule has 1 amide bonds. The highest BCUT2D eigenvalue weighted by Gasteiger charge is 2.37. The van der Waals surface area contributed by atoms with Crippen LogP contribution in [0.1, 0.15) is 42.7 Å². The van der Waals surface area contributed by atoms with Crippen LogP contribution in [-0.4, -0.2) is 49.4 Å². The minimum Gasteiger partial charge on any atom is -0.335 e. The van der Waals surface area contributed by atoms with E-state index in [0.29, 0.717) is 13.1 Å². The van der Waals surface area contributed by atoms with E-state index in [9.17, 15) is 13.2 Å². The molecule has 3 heterocycles. The zero-order valence-electron chi connectivity index (χ0n) is 13.7. The van der Waals surface area contributed by atoms with Gasteiger partial charge >= 0.3 is 0 Å². The van der Waals surface area contributed by atoms with Gasteiger partial charge in [-0.2, -0.15) is 0 Å². The maximum atomic E-state index is 13.0. The van der Waals surface area contributed by atoms with Crippen molar-refractivity contribution in [2.24, 2.45) is 5.92 Å². The lowest BCUT2D eigenvalue weighted by Crippen LogP contribution is -2.48. The number of hydrogen-bond acceptors (Lipinski definition) is 4. The molecular weight excluding hydrogens is 332 g/mol. The highest BCUT2D eigenvalue weighted by Crippen LogP contribution is 2.36. The molecule has 1 aromatic rings. The van der Waals surface area contributed by atoms with Gasteiger partial charge in [0.2, 0.25) is 15.9 Å². The van der Waals surface area contributed by atoms with Crippen molar-refractivity contribution in [3.63, 3.8) is 0 Å². The Morgan fingerprint density at radius 3 is 2.87 bits per heavy atom. The lowest BCUT2D eigenvalue weighted by Gasteiger charge is -2.39. The highest BCUT2D eigenvalue weighted by atomic mass is 32.2. The Labute approximate surface area is 142 Å². The van der Waals surface area contributed by atoms with Crippen LogP contribution >= 0.6 is 11.3 Å². The molecule has 128 valence electrons. The van der Waals surface area contributed by atoms with Crippen LogP contribution in [0.15, 0.2) is 11.4 Å². The highest BCUT2D eigenvalue weighted by molar-refractivity contribution is 7.88. The first kappa shape index (κ1) is 16.9. The van der Waals surface area contributed by atoms with E-state index in [1.54, 1.807) is 11.3 Å². The van der Waals surface area contributed by atoms with E-state index in [-0.39, 0.29) is 17.9 Å². The van der Waals surface area contributed by atoms with Gasteiger partial charge in [-0.05, 0) is 42.7 Å². The number of sulfonamides is 1. The molecule has 2 unspecified atom stereocenters. The molecular formula is C16H24N2O3S2. The third-order valence-corrected chi connectivity index (χ3v) is 7.23. The van der Waals surface area contributed by atoms with Gasteiger partial charge < -0.3 is 4.90 Å². The minimum absolute atomic E-state index is 0.127. The van der Waals surface area contributed by atoms with Gasteiger partial charge in [-0.25, -0.2) is 12.7 Å². The predicted molar refractivity (Wildman–Crippen MR) is 91.9 cm³/mol. The lowest BCUT2D eigenvalue weighted by atomic mass is 9.93. The molecule has 0 radical (unpaired) electrons. The number of carbonyl (C=O) groups excluding carboxylic acids is 1. The molecule has 0 aromatic carbocycles. The van der Waals surface area contributed by atoms with Crippen molar-refractivity contribution in [2.75, 3.05) is 25.9 Å². The summed E-state index contributed by atoms with van der Waals surface area (Å²) in [5, 5.41) is 2.10. The van der Waals surface area contributed by atoms with Crippen molar-refractivity contribution >= 4 is 27.3 Å². The Bertz CT molecular complexity index is 683. The first-order valence-electron chi connectivity index (χ1n) is 8.23. The Morgan fingerprint density at radius 2 is 2.17 bits per heavy atom. The van der Waals surface area contributed by atoms with E-state index in [2.05, 4.69) is 18.4 Å². The van der Waals surface area contributed by atoms with Crippen molar-refractivity contribution < 1.29 is 13.2 Å². The Balaban J connectivity index is 1.77. The summed E-state index contributed by atoms with van der Waals surface area (Å²) in [6.07, 6.45) is 4.59. The zero-order chi connectivity index (χ0) is 16.6. The summed E-state index contributed by atoms with van der Waals surface area (Å²) >= 11 is 1.77. The fourth-order valence-corrected chi connectivity index (χ4v) is 5.62. The number of hydrogen-bond donors (Lipinski definition) is 0. The van der Waals surface area contributed by atoms with Crippen LogP contribution in [-0.2, 0) is 21.2 Å². The second-order valence-electron chi connectivity index (χ2n) is 6.46. The summed E-state index contributed by atoms with van der Waals surface area (Å²) in [6, 6.07) is 2.28. The molecule has 0 aliphatic carbocycles. The molecule has 7 heteroatoms. The first-order valence-corrected chi connectivity index (χ1v) is 11.0. The van der Waals surface area contributed by atoms with E-state index in [0.717, 1.165) is 32.2 Å². The number of amides is 1. The maximum Gasteiger partial charge on any atom is 0.227 e. The Kier molecular flexibility index (Phi) is 4.80. The summed E-state index contributed by atoms with van der Waals surface area (Å²) in [4.78, 5) is 16.4. The summed E-state index contributed by atoms with van der Waals surface area (Å²) in [7, 11) is -3.22. The number of piperidine rings is 1. The molecule has 5 nitrogen and oxygen atoms in total. The van der Waals surface area contributed by atoms with Crippen molar-refractivity contribution in [1.82, 2.24) is 9.21 Å². The van der Waals surface area contributed by atoms with Crippen LogP contribution in [0.25, 0.3) is 0 Å². The standard InChI is InChI=1S/C16H24N2O3S2/c1-3-14-13-7-10-22-15(13)6-9-18(14)16(19)12-5-4-8-17(11-12)23(2,20)21/h7,10,12,14H,3-6,8-9,11H2,1-2H3. The minimum atomic E-state index is -3.22. The van der Waals surface area contributed by atoms with Crippen LogP contribution in [0.3, 0.4) is 0 Å².